The number of rotatable bonds is 14. The van der Waals surface area contributed by atoms with Crippen molar-refractivity contribution in [2.24, 2.45) is 11.3 Å². The van der Waals surface area contributed by atoms with Crippen molar-refractivity contribution >= 4 is 5.91 Å². The molecule has 0 saturated carbocycles. The molecule has 0 aliphatic carbocycles. The highest BCUT2D eigenvalue weighted by molar-refractivity contribution is 5.78. The largest absolute Gasteiger partial charge is 0.349 e. The lowest BCUT2D eigenvalue weighted by Gasteiger charge is -2.36. The highest BCUT2D eigenvalue weighted by Gasteiger charge is 2.35. The van der Waals surface area contributed by atoms with Crippen molar-refractivity contribution in [3.8, 4) is 0 Å². The van der Waals surface area contributed by atoms with Gasteiger partial charge in [-0.2, -0.15) is 0 Å². The molecule has 0 aromatic carbocycles. The molecule has 0 bridgehead atoms. The summed E-state index contributed by atoms with van der Waals surface area (Å²) in [5.74, 6) is 0.435. The average Bonchev–Trinajstić information content (AvgIpc) is 2.53. The summed E-state index contributed by atoms with van der Waals surface area (Å²) in [5, 5.41) is 0. The first-order chi connectivity index (χ1) is 10.9. The zero-order valence-corrected chi connectivity index (χ0v) is 16.9. The highest BCUT2D eigenvalue weighted by Crippen LogP contribution is 2.39. The number of nitrogens with zero attached hydrogens (tertiary/aromatic N) is 1. The first-order valence-corrected chi connectivity index (χ1v) is 10.1. The number of unbranched alkanes of at least 4 members (excludes halogenated alkanes) is 8. The van der Waals surface area contributed by atoms with E-state index in [9.17, 15) is 4.79 Å². The van der Waals surface area contributed by atoms with Crippen LogP contribution in [0.25, 0.3) is 0 Å². The smallest absolute Gasteiger partial charge is 0.225 e. The Balaban J connectivity index is 4.52. The van der Waals surface area contributed by atoms with Gasteiger partial charge in [0, 0.05) is 20.0 Å². The van der Waals surface area contributed by atoms with Gasteiger partial charge < -0.3 is 4.90 Å². The van der Waals surface area contributed by atoms with Crippen LogP contribution in [-0.2, 0) is 4.79 Å². The Labute approximate surface area is 146 Å². The van der Waals surface area contributed by atoms with E-state index in [-0.39, 0.29) is 11.3 Å². The molecule has 0 saturated heterocycles. The molecule has 1 atom stereocenters. The summed E-state index contributed by atoms with van der Waals surface area (Å²) in [7, 11) is 3.78. The molecule has 0 aliphatic heterocycles. The fraction of sp³-hybridized carbons (Fsp3) is 0.952. The molecule has 0 aromatic heterocycles. The third-order valence-corrected chi connectivity index (χ3v) is 5.56. The Morgan fingerprint density at radius 1 is 0.826 bits per heavy atom. The average molecular weight is 326 g/mol. The molecule has 0 N–H and O–H groups in total. The van der Waals surface area contributed by atoms with Crippen LogP contribution >= 0.6 is 0 Å². The molecule has 0 fully saturated rings. The molecule has 1 amide bonds. The van der Waals surface area contributed by atoms with E-state index in [0.29, 0.717) is 5.91 Å². The maximum Gasteiger partial charge on any atom is 0.225 e. The minimum Gasteiger partial charge on any atom is -0.349 e. The SMILES string of the molecule is CCCCCCCC(C)(CCCCCCC)C(C)C(=O)N(C)C. The van der Waals surface area contributed by atoms with Crippen LogP contribution in [0.4, 0.5) is 0 Å². The molecule has 2 heteroatoms. The summed E-state index contributed by atoms with van der Waals surface area (Å²) in [6, 6.07) is 0. The zero-order chi connectivity index (χ0) is 17.7. The first-order valence-electron chi connectivity index (χ1n) is 10.1. The van der Waals surface area contributed by atoms with E-state index in [2.05, 4.69) is 27.7 Å². The van der Waals surface area contributed by atoms with E-state index < -0.39 is 0 Å². The van der Waals surface area contributed by atoms with E-state index >= 15 is 0 Å². The third-order valence-electron chi connectivity index (χ3n) is 5.56. The van der Waals surface area contributed by atoms with Gasteiger partial charge in [-0.25, -0.2) is 0 Å². The second-order valence-corrected chi connectivity index (χ2v) is 7.94. The molecule has 23 heavy (non-hydrogen) atoms. The molecule has 1 unspecified atom stereocenters. The normalized spacial score (nSPS) is 13.1. The second kappa shape index (κ2) is 12.8. The number of hydrogen-bond acceptors (Lipinski definition) is 1. The zero-order valence-electron chi connectivity index (χ0n) is 16.9. The summed E-state index contributed by atoms with van der Waals surface area (Å²) in [5.41, 5.74) is 0.166. The van der Waals surface area contributed by atoms with Gasteiger partial charge in [0.2, 0.25) is 5.91 Å². The van der Waals surface area contributed by atoms with Crippen molar-refractivity contribution in [2.75, 3.05) is 14.1 Å². The van der Waals surface area contributed by atoms with Crippen LogP contribution in [0.3, 0.4) is 0 Å². The van der Waals surface area contributed by atoms with Gasteiger partial charge in [0.15, 0.2) is 0 Å². The van der Waals surface area contributed by atoms with Gasteiger partial charge in [0.05, 0.1) is 0 Å². The molecule has 138 valence electrons. The van der Waals surface area contributed by atoms with Crippen molar-refractivity contribution in [2.45, 2.75) is 105 Å². The molecule has 0 spiro atoms. The van der Waals surface area contributed by atoms with Gasteiger partial charge in [-0.3, -0.25) is 4.79 Å². The quantitative estimate of drug-likeness (QED) is 0.337. The molecule has 0 rings (SSSR count). The van der Waals surface area contributed by atoms with E-state index in [1.165, 1.54) is 77.0 Å². The molecule has 0 radical (unpaired) electrons. The van der Waals surface area contributed by atoms with Crippen molar-refractivity contribution in [1.82, 2.24) is 4.90 Å². The van der Waals surface area contributed by atoms with Gasteiger partial charge in [-0.1, -0.05) is 91.9 Å². The van der Waals surface area contributed by atoms with Gasteiger partial charge in [-0.15, -0.1) is 0 Å². The van der Waals surface area contributed by atoms with Crippen LogP contribution in [0, 0.1) is 11.3 Å². The van der Waals surface area contributed by atoms with Gasteiger partial charge >= 0.3 is 0 Å². The monoisotopic (exact) mass is 325 g/mol. The summed E-state index contributed by atoms with van der Waals surface area (Å²) in [6.07, 6.45) is 15.6. The summed E-state index contributed by atoms with van der Waals surface area (Å²) in [4.78, 5) is 14.3. The van der Waals surface area contributed by atoms with Gasteiger partial charge in [0.25, 0.3) is 0 Å². The summed E-state index contributed by atoms with van der Waals surface area (Å²) in [6.45, 7) is 9.04. The van der Waals surface area contributed by atoms with Crippen LogP contribution in [0.15, 0.2) is 0 Å². The molecule has 0 heterocycles. The Bertz CT molecular complexity index is 284. The van der Waals surface area contributed by atoms with Gasteiger partial charge in [0.1, 0.15) is 0 Å². The fourth-order valence-electron chi connectivity index (χ4n) is 3.51. The Hall–Kier alpha value is -0.530. The van der Waals surface area contributed by atoms with Gasteiger partial charge in [-0.05, 0) is 18.3 Å². The highest BCUT2D eigenvalue weighted by atomic mass is 16.2. The summed E-state index contributed by atoms with van der Waals surface area (Å²) < 4.78 is 0. The lowest BCUT2D eigenvalue weighted by molar-refractivity contribution is -0.137. The fourth-order valence-corrected chi connectivity index (χ4v) is 3.51. The number of carbonyl (C=O) groups excluding carboxylic acids is 1. The minimum absolute atomic E-state index is 0.134. The van der Waals surface area contributed by atoms with Crippen molar-refractivity contribution in [1.29, 1.82) is 0 Å². The molecule has 2 nitrogen and oxygen atoms in total. The van der Waals surface area contributed by atoms with Crippen LogP contribution in [0.1, 0.15) is 105 Å². The summed E-state index contributed by atoms with van der Waals surface area (Å²) >= 11 is 0. The van der Waals surface area contributed by atoms with E-state index in [0.717, 1.165) is 0 Å². The van der Waals surface area contributed by atoms with Crippen LogP contribution in [-0.4, -0.2) is 24.9 Å². The van der Waals surface area contributed by atoms with Crippen molar-refractivity contribution in [3.63, 3.8) is 0 Å². The lowest BCUT2D eigenvalue weighted by atomic mass is 9.70. The van der Waals surface area contributed by atoms with Crippen molar-refractivity contribution in [3.05, 3.63) is 0 Å². The lowest BCUT2D eigenvalue weighted by Crippen LogP contribution is -2.38. The molecular formula is C21H43NO. The van der Waals surface area contributed by atoms with Crippen LogP contribution in [0.2, 0.25) is 0 Å². The van der Waals surface area contributed by atoms with Crippen LogP contribution < -0.4 is 0 Å². The second-order valence-electron chi connectivity index (χ2n) is 7.94. The Kier molecular flexibility index (Phi) is 12.5. The van der Waals surface area contributed by atoms with Crippen LogP contribution in [0.5, 0.6) is 0 Å². The Morgan fingerprint density at radius 3 is 1.57 bits per heavy atom. The minimum atomic E-state index is 0.134. The maximum atomic E-state index is 12.5. The molecule has 0 aromatic rings. The predicted octanol–water partition coefficient (Wildman–Crippen LogP) is 6.44. The molecular weight excluding hydrogens is 282 g/mol. The number of amides is 1. The standard InChI is InChI=1S/C21H43NO/c1-7-9-11-13-15-17-21(4,18-16-14-12-10-8-2)19(3)20(23)22(5)6/h19H,7-18H2,1-6H3. The van der Waals surface area contributed by atoms with E-state index in [4.69, 9.17) is 0 Å². The molecule has 0 aliphatic rings. The maximum absolute atomic E-state index is 12.5. The first kappa shape index (κ1) is 22.5. The number of carbonyl (C=O) groups is 1. The third kappa shape index (κ3) is 9.37. The van der Waals surface area contributed by atoms with E-state index in [1.807, 2.05) is 14.1 Å². The Morgan fingerprint density at radius 2 is 1.22 bits per heavy atom. The predicted molar refractivity (Wildman–Crippen MR) is 103 cm³/mol. The topological polar surface area (TPSA) is 20.3 Å². The van der Waals surface area contributed by atoms with E-state index in [1.54, 1.807) is 4.90 Å². The number of hydrogen-bond donors (Lipinski definition) is 0. The van der Waals surface area contributed by atoms with Crippen molar-refractivity contribution < 1.29 is 4.79 Å².